The van der Waals surface area contributed by atoms with Gasteiger partial charge >= 0.3 is 5.97 Å². The maximum atomic E-state index is 12.2. The van der Waals surface area contributed by atoms with Gasteiger partial charge in [-0.2, -0.15) is 9.97 Å². The van der Waals surface area contributed by atoms with Crippen molar-refractivity contribution in [2.75, 3.05) is 20.8 Å². The summed E-state index contributed by atoms with van der Waals surface area (Å²) in [5.41, 5.74) is 0. The Labute approximate surface area is 141 Å². The van der Waals surface area contributed by atoms with Crippen LogP contribution in [0.15, 0.2) is 11.2 Å². The molecule has 0 aliphatic rings. The van der Waals surface area contributed by atoms with E-state index in [9.17, 15) is 4.79 Å². The highest BCUT2D eigenvalue weighted by Crippen LogP contribution is 2.28. The lowest BCUT2D eigenvalue weighted by molar-refractivity contribution is -0.145. The number of rotatable bonds is 9. The molecule has 0 spiro atoms. The summed E-state index contributed by atoms with van der Waals surface area (Å²) < 4.78 is 21.1. The van der Waals surface area contributed by atoms with E-state index in [0.29, 0.717) is 23.5 Å². The molecule has 0 amide bonds. The van der Waals surface area contributed by atoms with Crippen molar-refractivity contribution in [1.29, 1.82) is 0 Å². The Hall–Kier alpha value is -1.54. The van der Waals surface area contributed by atoms with E-state index in [1.54, 1.807) is 13.0 Å². The number of carbonyl (C=O) groups excluding carboxylic acids is 1. The van der Waals surface area contributed by atoms with E-state index in [1.165, 1.54) is 14.2 Å². The Kier molecular flexibility index (Phi) is 8.11. The number of ether oxygens (including phenoxy) is 4. The fraction of sp³-hybridized carbons (Fsp3) is 0.667. The van der Waals surface area contributed by atoms with Crippen LogP contribution in [0.1, 0.15) is 27.7 Å². The summed E-state index contributed by atoms with van der Waals surface area (Å²) in [6.45, 7) is 7.71. The summed E-state index contributed by atoms with van der Waals surface area (Å²) in [5, 5.41) is -0.229. The Morgan fingerprint density at radius 2 is 1.74 bits per heavy atom. The zero-order valence-corrected chi connectivity index (χ0v) is 15.2. The fourth-order valence-corrected chi connectivity index (χ4v) is 2.75. The molecular weight excluding hydrogens is 320 g/mol. The molecule has 1 aromatic rings. The lowest BCUT2D eigenvalue weighted by atomic mass is 10.2. The van der Waals surface area contributed by atoms with Crippen LogP contribution >= 0.6 is 11.8 Å². The van der Waals surface area contributed by atoms with Gasteiger partial charge in [-0.25, -0.2) is 0 Å². The summed E-state index contributed by atoms with van der Waals surface area (Å²) in [7, 11) is 3.01. The van der Waals surface area contributed by atoms with Gasteiger partial charge in [0.2, 0.25) is 11.8 Å². The van der Waals surface area contributed by atoms with Crippen LogP contribution in [0.5, 0.6) is 11.8 Å². The highest BCUT2D eigenvalue weighted by atomic mass is 32.2. The van der Waals surface area contributed by atoms with Gasteiger partial charge in [0.25, 0.3) is 0 Å². The second-order valence-corrected chi connectivity index (χ2v) is 6.02. The predicted octanol–water partition coefficient (Wildman–Crippen LogP) is 2.33. The van der Waals surface area contributed by atoms with Crippen LogP contribution in [0.3, 0.4) is 0 Å². The van der Waals surface area contributed by atoms with E-state index in [0.717, 1.165) is 11.8 Å². The third kappa shape index (κ3) is 6.23. The topological polar surface area (TPSA) is 79.8 Å². The van der Waals surface area contributed by atoms with E-state index in [-0.39, 0.29) is 18.2 Å². The average molecular weight is 344 g/mol. The van der Waals surface area contributed by atoms with Gasteiger partial charge in [-0.15, -0.1) is 0 Å². The molecule has 8 heteroatoms. The minimum absolute atomic E-state index is 0.0108. The average Bonchev–Trinajstić information content (AvgIpc) is 2.51. The standard InChI is InChI=1S/C15H24N2O5S/c1-7-21-14(18)13(10(4)22-9(2)3)23-15-16-11(19-5)8-12(17-15)20-6/h8-10,13H,7H2,1-6H3. The molecule has 130 valence electrons. The van der Waals surface area contributed by atoms with Crippen molar-refractivity contribution in [2.45, 2.75) is 50.3 Å². The van der Waals surface area contributed by atoms with Crippen molar-refractivity contribution in [2.24, 2.45) is 0 Å². The zero-order valence-electron chi connectivity index (χ0n) is 14.4. The number of methoxy groups -OCH3 is 2. The SMILES string of the molecule is CCOC(=O)C(Sc1nc(OC)cc(OC)n1)C(C)OC(C)C. The Morgan fingerprint density at radius 3 is 2.17 bits per heavy atom. The van der Waals surface area contributed by atoms with E-state index in [2.05, 4.69) is 9.97 Å². The minimum atomic E-state index is -0.589. The van der Waals surface area contributed by atoms with Gasteiger partial charge in [0.1, 0.15) is 5.25 Å². The lowest BCUT2D eigenvalue weighted by Gasteiger charge is -2.23. The van der Waals surface area contributed by atoms with Crippen LogP contribution in [0.25, 0.3) is 0 Å². The Bertz CT molecular complexity index is 490. The van der Waals surface area contributed by atoms with Gasteiger partial charge in [0.15, 0.2) is 5.16 Å². The summed E-state index contributed by atoms with van der Waals surface area (Å²) >= 11 is 1.16. The molecule has 1 rings (SSSR count). The fourth-order valence-electron chi connectivity index (χ4n) is 1.82. The summed E-state index contributed by atoms with van der Waals surface area (Å²) in [6.07, 6.45) is -0.372. The zero-order chi connectivity index (χ0) is 17.4. The molecule has 2 unspecified atom stereocenters. The molecule has 0 N–H and O–H groups in total. The third-order valence-electron chi connectivity index (χ3n) is 2.74. The molecule has 1 heterocycles. The van der Waals surface area contributed by atoms with Gasteiger partial charge < -0.3 is 18.9 Å². The highest BCUT2D eigenvalue weighted by molar-refractivity contribution is 8.00. The van der Waals surface area contributed by atoms with Gasteiger partial charge in [-0.3, -0.25) is 4.79 Å². The van der Waals surface area contributed by atoms with Crippen molar-refractivity contribution in [3.05, 3.63) is 6.07 Å². The number of esters is 1. The van der Waals surface area contributed by atoms with Crippen molar-refractivity contribution >= 4 is 17.7 Å². The van der Waals surface area contributed by atoms with Gasteiger partial charge in [-0.05, 0) is 27.7 Å². The summed E-state index contributed by atoms with van der Waals surface area (Å²) in [6, 6.07) is 1.57. The van der Waals surface area contributed by atoms with Crippen molar-refractivity contribution in [3.8, 4) is 11.8 Å². The second kappa shape index (κ2) is 9.57. The number of thioether (sulfide) groups is 1. The molecule has 0 bridgehead atoms. The highest BCUT2D eigenvalue weighted by Gasteiger charge is 2.30. The number of aromatic nitrogens is 2. The normalized spacial score (nSPS) is 13.5. The molecular formula is C15H24N2O5S. The summed E-state index contributed by atoms with van der Waals surface area (Å²) in [5.74, 6) is 0.356. The first kappa shape index (κ1) is 19.5. The number of hydrogen-bond acceptors (Lipinski definition) is 8. The Balaban J connectivity index is 3.01. The van der Waals surface area contributed by atoms with E-state index in [4.69, 9.17) is 18.9 Å². The molecule has 0 saturated carbocycles. The lowest BCUT2D eigenvalue weighted by Crippen LogP contribution is -2.34. The molecule has 0 aliphatic carbocycles. The molecule has 0 fully saturated rings. The molecule has 0 radical (unpaired) electrons. The molecule has 7 nitrogen and oxygen atoms in total. The van der Waals surface area contributed by atoms with E-state index >= 15 is 0 Å². The van der Waals surface area contributed by atoms with Gasteiger partial charge in [0.05, 0.1) is 39.1 Å². The van der Waals surface area contributed by atoms with E-state index in [1.807, 2.05) is 20.8 Å². The molecule has 0 saturated heterocycles. The Morgan fingerprint density at radius 1 is 1.17 bits per heavy atom. The molecule has 1 aromatic heterocycles. The molecule has 23 heavy (non-hydrogen) atoms. The van der Waals surface area contributed by atoms with Crippen molar-refractivity contribution < 1.29 is 23.7 Å². The first-order valence-corrected chi connectivity index (χ1v) is 8.25. The largest absolute Gasteiger partial charge is 0.481 e. The van der Waals surface area contributed by atoms with Crippen LogP contribution < -0.4 is 9.47 Å². The molecule has 0 aliphatic heterocycles. The quantitative estimate of drug-likeness (QED) is 0.384. The smallest absolute Gasteiger partial charge is 0.322 e. The first-order valence-electron chi connectivity index (χ1n) is 7.37. The first-order chi connectivity index (χ1) is 10.9. The van der Waals surface area contributed by atoms with Crippen molar-refractivity contribution in [1.82, 2.24) is 9.97 Å². The number of carbonyl (C=O) groups is 1. The minimum Gasteiger partial charge on any atom is -0.481 e. The van der Waals surface area contributed by atoms with E-state index < -0.39 is 5.25 Å². The van der Waals surface area contributed by atoms with Gasteiger partial charge in [0, 0.05) is 0 Å². The van der Waals surface area contributed by atoms with Crippen LogP contribution in [0.2, 0.25) is 0 Å². The van der Waals surface area contributed by atoms with Crippen LogP contribution in [-0.2, 0) is 14.3 Å². The number of hydrogen-bond donors (Lipinski definition) is 0. The third-order valence-corrected chi connectivity index (χ3v) is 3.96. The molecule has 0 aromatic carbocycles. The van der Waals surface area contributed by atoms with Crippen LogP contribution in [0, 0.1) is 0 Å². The maximum absolute atomic E-state index is 12.2. The van der Waals surface area contributed by atoms with Crippen LogP contribution in [-0.4, -0.2) is 54.2 Å². The second-order valence-electron chi connectivity index (χ2n) is 4.92. The van der Waals surface area contributed by atoms with Crippen molar-refractivity contribution in [3.63, 3.8) is 0 Å². The summed E-state index contributed by atoms with van der Waals surface area (Å²) in [4.78, 5) is 20.7. The number of nitrogens with zero attached hydrogens (tertiary/aromatic N) is 2. The van der Waals surface area contributed by atoms with Crippen LogP contribution in [0.4, 0.5) is 0 Å². The monoisotopic (exact) mass is 344 g/mol. The van der Waals surface area contributed by atoms with Gasteiger partial charge in [-0.1, -0.05) is 11.8 Å². The predicted molar refractivity (Wildman–Crippen MR) is 87.1 cm³/mol. The maximum Gasteiger partial charge on any atom is 0.322 e. The molecule has 2 atom stereocenters.